The molecule has 1 aromatic rings. The lowest BCUT2D eigenvalue weighted by atomic mass is 10.2. The Balaban J connectivity index is 2.27. The minimum absolute atomic E-state index is 0.191. The zero-order valence-corrected chi connectivity index (χ0v) is 9.57. The highest BCUT2D eigenvalue weighted by molar-refractivity contribution is 5.91. The summed E-state index contributed by atoms with van der Waals surface area (Å²) in [5.74, 6) is 0.128. The maximum absolute atomic E-state index is 11.5. The summed E-state index contributed by atoms with van der Waals surface area (Å²) < 4.78 is 0. The second-order valence-corrected chi connectivity index (χ2v) is 3.64. The van der Waals surface area contributed by atoms with Crippen LogP contribution in [0.1, 0.15) is 43.1 Å². The van der Waals surface area contributed by atoms with Gasteiger partial charge in [-0.3, -0.25) is 4.79 Å². The van der Waals surface area contributed by atoms with Crippen molar-refractivity contribution < 1.29 is 4.79 Å². The Hall–Kier alpha value is -1.65. The molecule has 0 atom stereocenters. The number of nitrogens with one attached hydrogen (secondary N) is 1. The Morgan fingerprint density at radius 1 is 1.31 bits per heavy atom. The van der Waals surface area contributed by atoms with Gasteiger partial charge in [0.15, 0.2) is 0 Å². The molecule has 5 nitrogen and oxygen atoms in total. The molecule has 0 bridgehead atoms. The van der Waals surface area contributed by atoms with Gasteiger partial charge in [-0.2, -0.15) is 0 Å². The quantitative estimate of drug-likeness (QED) is 0.712. The maximum atomic E-state index is 11.5. The molecule has 16 heavy (non-hydrogen) atoms. The summed E-state index contributed by atoms with van der Waals surface area (Å²) in [5.41, 5.74) is 5.69. The van der Waals surface area contributed by atoms with Gasteiger partial charge < -0.3 is 11.1 Å². The van der Waals surface area contributed by atoms with E-state index < -0.39 is 0 Å². The molecule has 1 rings (SSSR count). The van der Waals surface area contributed by atoms with Crippen LogP contribution in [0, 0.1) is 0 Å². The number of carbonyl (C=O) groups excluding carboxylic acids is 1. The van der Waals surface area contributed by atoms with Gasteiger partial charge in [-0.1, -0.05) is 26.2 Å². The number of aromatic nitrogens is 2. The molecule has 1 aromatic heterocycles. The van der Waals surface area contributed by atoms with Crippen molar-refractivity contribution in [1.29, 1.82) is 0 Å². The summed E-state index contributed by atoms with van der Waals surface area (Å²) >= 11 is 0. The molecule has 0 aliphatic rings. The summed E-state index contributed by atoms with van der Waals surface area (Å²) in [6, 6.07) is 0. The number of unbranched alkanes of at least 4 members (excludes halogenated alkanes) is 3. The third kappa shape index (κ3) is 4.25. The molecule has 1 amide bonds. The molecule has 0 aliphatic carbocycles. The average molecular weight is 222 g/mol. The minimum Gasteiger partial charge on any atom is -0.382 e. The first-order valence-corrected chi connectivity index (χ1v) is 5.59. The van der Waals surface area contributed by atoms with Crippen molar-refractivity contribution in [3.63, 3.8) is 0 Å². The van der Waals surface area contributed by atoms with Crippen molar-refractivity contribution in [1.82, 2.24) is 15.3 Å². The van der Waals surface area contributed by atoms with Gasteiger partial charge in [0.2, 0.25) is 0 Å². The number of hydrogen-bond donors (Lipinski definition) is 2. The summed E-state index contributed by atoms with van der Waals surface area (Å²) in [7, 11) is 0. The topological polar surface area (TPSA) is 80.9 Å². The van der Waals surface area contributed by atoms with Crippen molar-refractivity contribution in [3.8, 4) is 0 Å². The molecule has 0 fully saturated rings. The van der Waals surface area contributed by atoms with E-state index in [2.05, 4.69) is 22.2 Å². The minimum atomic E-state index is -0.191. The molecule has 0 radical (unpaired) electrons. The van der Waals surface area contributed by atoms with Crippen LogP contribution in [-0.4, -0.2) is 22.4 Å². The molecule has 1 heterocycles. The molecule has 5 heteroatoms. The van der Waals surface area contributed by atoms with E-state index in [-0.39, 0.29) is 5.91 Å². The number of anilines is 1. The molecule has 3 N–H and O–H groups in total. The molecule has 0 aromatic carbocycles. The van der Waals surface area contributed by atoms with E-state index in [0.29, 0.717) is 18.1 Å². The molecule has 0 unspecified atom stereocenters. The van der Waals surface area contributed by atoms with Crippen LogP contribution in [0.3, 0.4) is 0 Å². The van der Waals surface area contributed by atoms with Crippen LogP contribution in [0.15, 0.2) is 12.4 Å². The number of nitrogens with zero attached hydrogens (tertiary/aromatic N) is 2. The predicted molar refractivity (Wildman–Crippen MR) is 62.9 cm³/mol. The highest BCUT2D eigenvalue weighted by Crippen LogP contribution is 1.99. The molecule has 88 valence electrons. The molecule has 0 saturated carbocycles. The van der Waals surface area contributed by atoms with Crippen LogP contribution >= 0.6 is 0 Å². The smallest absolute Gasteiger partial charge is 0.271 e. The highest BCUT2D eigenvalue weighted by Gasteiger charge is 2.05. The van der Waals surface area contributed by atoms with Crippen LogP contribution in [0.25, 0.3) is 0 Å². The molecular formula is C11H18N4O. The van der Waals surface area contributed by atoms with E-state index in [9.17, 15) is 4.79 Å². The third-order valence-electron chi connectivity index (χ3n) is 2.22. The van der Waals surface area contributed by atoms with Gasteiger partial charge in [-0.05, 0) is 6.42 Å². The Labute approximate surface area is 95.5 Å². The van der Waals surface area contributed by atoms with E-state index >= 15 is 0 Å². The monoisotopic (exact) mass is 222 g/mol. The van der Waals surface area contributed by atoms with Gasteiger partial charge in [-0.25, -0.2) is 9.97 Å². The van der Waals surface area contributed by atoms with Crippen molar-refractivity contribution in [3.05, 3.63) is 18.1 Å². The van der Waals surface area contributed by atoms with E-state index in [1.807, 2.05) is 0 Å². The van der Waals surface area contributed by atoms with Crippen molar-refractivity contribution in [2.75, 3.05) is 12.3 Å². The first-order chi connectivity index (χ1) is 7.74. The van der Waals surface area contributed by atoms with E-state index in [4.69, 9.17) is 5.73 Å². The Bertz CT molecular complexity index is 323. The number of carbonyl (C=O) groups is 1. The predicted octanol–water partition coefficient (Wildman–Crippen LogP) is 1.37. The Kier molecular flexibility index (Phi) is 5.25. The number of nitrogen functional groups attached to an aromatic ring is 1. The van der Waals surface area contributed by atoms with Gasteiger partial charge in [0, 0.05) is 6.54 Å². The lowest BCUT2D eigenvalue weighted by Crippen LogP contribution is -2.25. The van der Waals surface area contributed by atoms with Crippen LogP contribution < -0.4 is 11.1 Å². The number of nitrogens with two attached hydrogens (primary N) is 1. The number of rotatable bonds is 6. The zero-order valence-electron chi connectivity index (χ0n) is 9.57. The standard InChI is InChI=1S/C11H18N4O/c1-2-3-4-5-6-13-11(16)9-7-15-10(12)8-14-9/h7-8H,2-6H2,1H3,(H2,12,15)(H,13,16). The maximum Gasteiger partial charge on any atom is 0.271 e. The van der Waals surface area contributed by atoms with Gasteiger partial charge in [0.1, 0.15) is 11.5 Å². The van der Waals surface area contributed by atoms with Crippen molar-refractivity contribution in [2.45, 2.75) is 32.6 Å². The second kappa shape index (κ2) is 6.76. The fourth-order valence-electron chi connectivity index (χ4n) is 1.30. The first-order valence-electron chi connectivity index (χ1n) is 5.59. The van der Waals surface area contributed by atoms with Crippen LogP contribution in [0.2, 0.25) is 0 Å². The van der Waals surface area contributed by atoms with Crippen LogP contribution in [0.4, 0.5) is 5.82 Å². The SMILES string of the molecule is CCCCCCNC(=O)c1cnc(N)cn1. The summed E-state index contributed by atoms with van der Waals surface area (Å²) in [5, 5.41) is 2.80. The number of amides is 1. The first kappa shape index (κ1) is 12.4. The summed E-state index contributed by atoms with van der Waals surface area (Å²) in [6.07, 6.45) is 7.31. The molecule has 0 saturated heterocycles. The molecule has 0 aliphatic heterocycles. The van der Waals surface area contributed by atoms with Crippen molar-refractivity contribution in [2.24, 2.45) is 0 Å². The van der Waals surface area contributed by atoms with Gasteiger partial charge in [0.25, 0.3) is 5.91 Å². The van der Waals surface area contributed by atoms with Crippen molar-refractivity contribution >= 4 is 11.7 Å². The van der Waals surface area contributed by atoms with Gasteiger partial charge in [-0.15, -0.1) is 0 Å². The fraction of sp³-hybridized carbons (Fsp3) is 0.545. The van der Waals surface area contributed by atoms with Crippen LogP contribution in [-0.2, 0) is 0 Å². The largest absolute Gasteiger partial charge is 0.382 e. The third-order valence-corrected chi connectivity index (χ3v) is 2.22. The lowest BCUT2D eigenvalue weighted by Gasteiger charge is -2.03. The molecular weight excluding hydrogens is 204 g/mol. The van der Waals surface area contributed by atoms with E-state index in [0.717, 1.165) is 12.8 Å². The lowest BCUT2D eigenvalue weighted by molar-refractivity contribution is 0.0947. The van der Waals surface area contributed by atoms with Crippen LogP contribution in [0.5, 0.6) is 0 Å². The zero-order chi connectivity index (χ0) is 11.8. The second-order valence-electron chi connectivity index (χ2n) is 3.64. The molecule has 0 spiro atoms. The normalized spacial score (nSPS) is 10.1. The van der Waals surface area contributed by atoms with Gasteiger partial charge >= 0.3 is 0 Å². The fourth-order valence-corrected chi connectivity index (χ4v) is 1.30. The summed E-state index contributed by atoms with van der Waals surface area (Å²) in [4.78, 5) is 19.2. The van der Waals surface area contributed by atoms with E-state index in [1.54, 1.807) is 0 Å². The Morgan fingerprint density at radius 3 is 2.75 bits per heavy atom. The average Bonchev–Trinajstić information content (AvgIpc) is 2.29. The highest BCUT2D eigenvalue weighted by atomic mass is 16.1. The Morgan fingerprint density at radius 2 is 2.12 bits per heavy atom. The number of hydrogen-bond acceptors (Lipinski definition) is 4. The van der Waals surface area contributed by atoms with E-state index in [1.165, 1.54) is 25.2 Å². The van der Waals surface area contributed by atoms with Gasteiger partial charge in [0.05, 0.1) is 12.4 Å². The summed E-state index contributed by atoms with van der Waals surface area (Å²) in [6.45, 7) is 2.84.